The van der Waals surface area contributed by atoms with Crippen molar-refractivity contribution in [3.63, 3.8) is 0 Å². The van der Waals surface area contributed by atoms with Crippen molar-refractivity contribution >= 4 is 0 Å². The van der Waals surface area contributed by atoms with E-state index < -0.39 is 5.82 Å². The van der Waals surface area contributed by atoms with Gasteiger partial charge in [-0.25, -0.2) is 8.78 Å². The molecule has 2 rings (SSSR count). The van der Waals surface area contributed by atoms with Crippen molar-refractivity contribution in [1.82, 2.24) is 10.3 Å². The minimum absolute atomic E-state index is 0.335. The average Bonchev–Trinajstić information content (AvgIpc) is 2.40. The smallest absolute Gasteiger partial charge is 0.142 e. The first-order chi connectivity index (χ1) is 9.20. The Bertz CT molecular complexity index is 556. The van der Waals surface area contributed by atoms with Crippen LogP contribution in [0.4, 0.5) is 8.78 Å². The summed E-state index contributed by atoms with van der Waals surface area (Å²) in [5.74, 6) is -0.757. The van der Waals surface area contributed by atoms with E-state index in [4.69, 9.17) is 0 Å². The molecule has 1 aromatic carbocycles. The van der Waals surface area contributed by atoms with Gasteiger partial charge in [-0.15, -0.1) is 0 Å². The van der Waals surface area contributed by atoms with Crippen molar-refractivity contribution in [1.29, 1.82) is 0 Å². The average molecular weight is 262 g/mol. The van der Waals surface area contributed by atoms with E-state index >= 15 is 0 Å². The Morgan fingerprint density at radius 2 is 1.95 bits per heavy atom. The second-order valence-corrected chi connectivity index (χ2v) is 4.37. The van der Waals surface area contributed by atoms with Gasteiger partial charge >= 0.3 is 0 Å². The lowest BCUT2D eigenvalue weighted by Crippen LogP contribution is -2.14. The molecule has 0 aliphatic rings. The maximum atomic E-state index is 13.4. The Kier molecular flexibility index (Phi) is 4.58. The highest BCUT2D eigenvalue weighted by Gasteiger charge is 2.08. The third kappa shape index (κ3) is 3.58. The van der Waals surface area contributed by atoms with Gasteiger partial charge in [0, 0.05) is 18.3 Å². The molecule has 0 atom stereocenters. The molecular weight excluding hydrogens is 246 g/mol. The van der Waals surface area contributed by atoms with E-state index in [9.17, 15) is 8.78 Å². The van der Waals surface area contributed by atoms with Gasteiger partial charge in [0.2, 0.25) is 0 Å². The first-order valence-electron chi connectivity index (χ1n) is 6.30. The van der Waals surface area contributed by atoms with Crippen molar-refractivity contribution in [2.45, 2.75) is 19.9 Å². The Morgan fingerprint density at radius 1 is 1.11 bits per heavy atom. The molecule has 0 saturated carbocycles. The van der Waals surface area contributed by atoms with Crippen molar-refractivity contribution in [3.05, 3.63) is 53.9 Å². The van der Waals surface area contributed by atoms with Crippen molar-refractivity contribution in [2.24, 2.45) is 0 Å². The van der Waals surface area contributed by atoms with Crippen LogP contribution < -0.4 is 5.32 Å². The quantitative estimate of drug-likeness (QED) is 0.834. The number of hydrogen-bond acceptors (Lipinski definition) is 2. The number of rotatable bonds is 5. The summed E-state index contributed by atoms with van der Waals surface area (Å²) in [5.41, 5.74) is 2.20. The monoisotopic (exact) mass is 262 g/mol. The molecule has 0 amide bonds. The molecule has 1 heterocycles. The van der Waals surface area contributed by atoms with E-state index in [2.05, 4.69) is 17.2 Å². The van der Waals surface area contributed by atoms with E-state index in [0.29, 0.717) is 17.7 Å². The number of nitrogens with zero attached hydrogens (tertiary/aromatic N) is 1. The molecule has 0 bridgehead atoms. The minimum Gasteiger partial charge on any atom is -0.313 e. The number of hydrogen-bond donors (Lipinski definition) is 1. The van der Waals surface area contributed by atoms with Gasteiger partial charge in [0.1, 0.15) is 11.6 Å². The van der Waals surface area contributed by atoms with Crippen LogP contribution in [0.5, 0.6) is 0 Å². The Hall–Kier alpha value is -1.81. The summed E-state index contributed by atoms with van der Waals surface area (Å²) in [6.07, 6.45) is 3.71. The molecule has 0 aliphatic carbocycles. The van der Waals surface area contributed by atoms with E-state index in [-0.39, 0.29) is 5.82 Å². The summed E-state index contributed by atoms with van der Waals surface area (Å²) in [4.78, 5) is 3.81. The second kappa shape index (κ2) is 6.38. The van der Waals surface area contributed by atoms with E-state index in [1.807, 2.05) is 0 Å². The number of halogens is 2. The van der Waals surface area contributed by atoms with Crippen molar-refractivity contribution in [2.75, 3.05) is 6.54 Å². The first-order valence-corrected chi connectivity index (χ1v) is 6.30. The lowest BCUT2D eigenvalue weighted by molar-refractivity contribution is 0.620. The highest BCUT2D eigenvalue weighted by atomic mass is 19.1. The van der Waals surface area contributed by atoms with Crippen LogP contribution in [0, 0.1) is 11.6 Å². The van der Waals surface area contributed by atoms with Gasteiger partial charge in [-0.3, -0.25) is 4.98 Å². The summed E-state index contributed by atoms with van der Waals surface area (Å²) >= 11 is 0. The molecule has 0 aliphatic heterocycles. The van der Waals surface area contributed by atoms with Crippen LogP contribution in [-0.4, -0.2) is 11.5 Å². The van der Waals surface area contributed by atoms with Crippen LogP contribution in [0.3, 0.4) is 0 Å². The van der Waals surface area contributed by atoms with Crippen molar-refractivity contribution < 1.29 is 8.78 Å². The maximum absolute atomic E-state index is 13.4. The molecule has 0 unspecified atom stereocenters. The third-order valence-electron chi connectivity index (χ3n) is 2.83. The van der Waals surface area contributed by atoms with Crippen LogP contribution in [-0.2, 0) is 6.54 Å². The summed E-state index contributed by atoms with van der Waals surface area (Å²) < 4.78 is 26.6. The summed E-state index contributed by atoms with van der Waals surface area (Å²) in [6, 6.07) is 5.92. The fourth-order valence-electron chi connectivity index (χ4n) is 1.93. The van der Waals surface area contributed by atoms with E-state index in [1.54, 1.807) is 12.3 Å². The topological polar surface area (TPSA) is 24.9 Å². The van der Waals surface area contributed by atoms with Gasteiger partial charge in [0.15, 0.2) is 0 Å². The SMILES string of the molecule is CCCNCc1ccc(F)cc1-c1cncc(F)c1. The molecule has 1 aromatic heterocycles. The highest BCUT2D eigenvalue weighted by Crippen LogP contribution is 2.24. The molecule has 100 valence electrons. The highest BCUT2D eigenvalue weighted by molar-refractivity contribution is 5.66. The molecule has 1 N–H and O–H groups in total. The lowest BCUT2D eigenvalue weighted by atomic mass is 10.0. The van der Waals surface area contributed by atoms with E-state index in [1.165, 1.54) is 18.2 Å². The molecule has 4 heteroatoms. The molecule has 0 radical (unpaired) electrons. The summed E-state index contributed by atoms with van der Waals surface area (Å²) in [6.45, 7) is 3.59. The van der Waals surface area contributed by atoms with Crippen LogP contribution in [0.2, 0.25) is 0 Å². The first kappa shape index (κ1) is 13.6. The fraction of sp³-hybridized carbons (Fsp3) is 0.267. The Labute approximate surface area is 111 Å². The number of aromatic nitrogens is 1. The van der Waals surface area contributed by atoms with Gasteiger partial charge in [0.25, 0.3) is 0 Å². The molecule has 19 heavy (non-hydrogen) atoms. The largest absolute Gasteiger partial charge is 0.313 e. The maximum Gasteiger partial charge on any atom is 0.142 e. The number of nitrogens with one attached hydrogen (secondary N) is 1. The fourth-order valence-corrected chi connectivity index (χ4v) is 1.93. The number of benzene rings is 1. The lowest BCUT2D eigenvalue weighted by Gasteiger charge is -2.10. The van der Waals surface area contributed by atoms with Gasteiger partial charge in [-0.2, -0.15) is 0 Å². The zero-order chi connectivity index (χ0) is 13.7. The molecule has 2 nitrogen and oxygen atoms in total. The predicted molar refractivity (Wildman–Crippen MR) is 71.6 cm³/mol. The van der Waals surface area contributed by atoms with Crippen LogP contribution in [0.1, 0.15) is 18.9 Å². The van der Waals surface area contributed by atoms with Crippen LogP contribution in [0.25, 0.3) is 11.1 Å². The Morgan fingerprint density at radius 3 is 2.68 bits per heavy atom. The van der Waals surface area contributed by atoms with Gasteiger partial charge in [-0.05, 0) is 42.3 Å². The molecule has 0 fully saturated rings. The van der Waals surface area contributed by atoms with Gasteiger partial charge < -0.3 is 5.32 Å². The molecule has 2 aromatic rings. The zero-order valence-corrected chi connectivity index (χ0v) is 10.8. The zero-order valence-electron chi connectivity index (χ0n) is 10.8. The summed E-state index contributed by atoms with van der Waals surface area (Å²) in [7, 11) is 0. The van der Waals surface area contributed by atoms with Gasteiger partial charge in [0.05, 0.1) is 6.20 Å². The van der Waals surface area contributed by atoms with Crippen LogP contribution >= 0.6 is 0 Å². The third-order valence-corrected chi connectivity index (χ3v) is 2.83. The summed E-state index contributed by atoms with van der Waals surface area (Å²) in [5, 5.41) is 3.26. The molecular formula is C15H16F2N2. The predicted octanol–water partition coefficient (Wildman–Crippen LogP) is 3.53. The molecule has 0 saturated heterocycles. The molecule has 0 spiro atoms. The Balaban J connectivity index is 2.34. The van der Waals surface area contributed by atoms with Crippen molar-refractivity contribution in [3.8, 4) is 11.1 Å². The minimum atomic E-state index is -0.422. The second-order valence-electron chi connectivity index (χ2n) is 4.37. The number of pyridine rings is 1. The van der Waals surface area contributed by atoms with E-state index in [0.717, 1.165) is 24.7 Å². The normalized spacial score (nSPS) is 10.7. The van der Waals surface area contributed by atoms with Gasteiger partial charge in [-0.1, -0.05) is 13.0 Å². The van der Waals surface area contributed by atoms with Crippen LogP contribution in [0.15, 0.2) is 36.7 Å². The standard InChI is InChI=1S/C15H16F2N2/c1-2-5-18-8-11-3-4-13(16)7-15(11)12-6-14(17)10-19-9-12/h3-4,6-7,9-10,18H,2,5,8H2,1H3.